The third-order valence-electron chi connectivity index (χ3n) is 3.06. The van der Waals surface area contributed by atoms with Crippen LogP contribution in [0.15, 0.2) is 73.3 Å². The van der Waals surface area contributed by atoms with E-state index in [2.05, 4.69) is 29.2 Å². The van der Waals surface area contributed by atoms with Gasteiger partial charge in [-0.2, -0.15) is 0 Å². The van der Waals surface area contributed by atoms with E-state index in [1.54, 1.807) is 12.5 Å². The summed E-state index contributed by atoms with van der Waals surface area (Å²) in [6.45, 7) is 0. The summed E-state index contributed by atoms with van der Waals surface area (Å²) in [6.07, 6.45) is 7.12. The van der Waals surface area contributed by atoms with Gasteiger partial charge in [0.15, 0.2) is 0 Å². The third-order valence-corrected chi connectivity index (χ3v) is 3.37. The number of imidazole rings is 1. The molecule has 1 N–H and O–H groups in total. The minimum atomic E-state index is -1.50. The highest BCUT2D eigenvalue weighted by Gasteiger charge is 2.00. The maximum Gasteiger partial charge on any atom is 0.291 e. The highest BCUT2D eigenvalue weighted by atomic mass is 35.5. The smallest absolute Gasteiger partial charge is 0.291 e. The molecule has 0 aliphatic heterocycles. The van der Waals surface area contributed by atoms with E-state index in [-0.39, 0.29) is 0 Å². The molecule has 3 aromatic rings. The predicted molar refractivity (Wildman–Crippen MR) is 92.9 cm³/mol. The van der Waals surface area contributed by atoms with Crippen molar-refractivity contribution in [2.75, 3.05) is 0 Å². The monoisotopic (exact) mass is 343 g/mol. The zero-order valence-corrected chi connectivity index (χ0v) is 13.2. The van der Waals surface area contributed by atoms with Gasteiger partial charge in [0.1, 0.15) is 0 Å². The zero-order valence-electron chi connectivity index (χ0n) is 12.5. The second kappa shape index (κ2) is 8.50. The Hall–Kier alpha value is -3.12. The first-order chi connectivity index (χ1) is 11.6. The number of rotatable bonds is 3. The van der Waals surface area contributed by atoms with Crippen LogP contribution in [0.2, 0.25) is 0 Å². The minimum absolute atomic E-state index is 0.683. The van der Waals surface area contributed by atoms with Crippen molar-refractivity contribution in [2.45, 2.75) is 0 Å². The lowest BCUT2D eigenvalue weighted by Crippen LogP contribution is -1.84. The summed E-state index contributed by atoms with van der Waals surface area (Å²) >= 11 is 6.31. The lowest BCUT2D eigenvalue weighted by Gasteiger charge is -2.04. The van der Waals surface area contributed by atoms with Crippen molar-refractivity contribution in [3.8, 4) is 11.1 Å². The number of benzene rings is 2. The Bertz CT molecular complexity index is 797. The summed E-state index contributed by atoms with van der Waals surface area (Å²) in [4.78, 5) is 12.3. The summed E-state index contributed by atoms with van der Waals surface area (Å²) in [5.41, 5.74) is 3.37. The fourth-order valence-electron chi connectivity index (χ4n) is 2.00. The van der Waals surface area contributed by atoms with E-state index in [0.29, 0.717) is 5.03 Å². The van der Waals surface area contributed by atoms with Crippen molar-refractivity contribution in [2.24, 2.45) is 0 Å². The SMILES string of the molecule is Cl/C(=C/n1ccnc1)c1ccc(-c2ccccc2)cc1.O=[N+]([O-])O. The Morgan fingerprint density at radius 1 is 1.12 bits per heavy atom. The fraction of sp³-hybridized carbons (Fsp3) is 0. The molecule has 3 rings (SSSR count). The largest absolute Gasteiger partial charge is 0.328 e. The van der Waals surface area contributed by atoms with Crippen molar-refractivity contribution < 1.29 is 10.3 Å². The number of hydrogen-bond acceptors (Lipinski definition) is 3. The highest BCUT2D eigenvalue weighted by molar-refractivity contribution is 6.50. The van der Waals surface area contributed by atoms with Crippen molar-refractivity contribution in [3.63, 3.8) is 0 Å². The van der Waals surface area contributed by atoms with Crippen molar-refractivity contribution in [3.05, 3.63) is 89.0 Å². The van der Waals surface area contributed by atoms with Crippen molar-refractivity contribution in [1.29, 1.82) is 0 Å². The molecule has 24 heavy (non-hydrogen) atoms. The highest BCUT2D eigenvalue weighted by Crippen LogP contribution is 2.24. The molecule has 0 unspecified atom stereocenters. The summed E-state index contributed by atoms with van der Waals surface area (Å²) in [6, 6.07) is 18.5. The molecule has 0 saturated heterocycles. The van der Waals surface area contributed by atoms with Gasteiger partial charge in [-0.15, -0.1) is 10.1 Å². The molecule has 0 atom stereocenters. The van der Waals surface area contributed by atoms with Crippen LogP contribution in [-0.2, 0) is 0 Å². The molecular weight excluding hydrogens is 330 g/mol. The molecular formula is C17H14ClN3O3. The van der Waals surface area contributed by atoms with Gasteiger partial charge in [-0.3, -0.25) is 0 Å². The van der Waals surface area contributed by atoms with Gasteiger partial charge in [-0.05, 0) is 16.7 Å². The quantitative estimate of drug-likeness (QED) is 0.564. The van der Waals surface area contributed by atoms with Crippen LogP contribution in [0.3, 0.4) is 0 Å². The molecule has 1 heterocycles. The van der Waals surface area contributed by atoms with Crippen LogP contribution in [0.1, 0.15) is 5.56 Å². The third kappa shape index (κ3) is 5.26. The van der Waals surface area contributed by atoms with E-state index >= 15 is 0 Å². The van der Waals surface area contributed by atoms with E-state index < -0.39 is 5.09 Å². The van der Waals surface area contributed by atoms with Crippen molar-refractivity contribution in [1.82, 2.24) is 9.55 Å². The average molecular weight is 344 g/mol. The van der Waals surface area contributed by atoms with Crippen LogP contribution in [0, 0.1) is 10.1 Å². The maximum atomic E-state index is 8.36. The van der Waals surface area contributed by atoms with Crippen LogP contribution in [0.4, 0.5) is 0 Å². The Labute approximate surface area is 143 Å². The Morgan fingerprint density at radius 2 is 1.71 bits per heavy atom. The molecule has 0 radical (unpaired) electrons. The summed E-state index contributed by atoms with van der Waals surface area (Å²) < 4.78 is 1.83. The Morgan fingerprint density at radius 3 is 2.25 bits per heavy atom. The van der Waals surface area contributed by atoms with Gasteiger partial charge in [-0.25, -0.2) is 4.98 Å². The first-order valence-electron chi connectivity index (χ1n) is 6.90. The number of nitrogens with zero attached hydrogens (tertiary/aromatic N) is 3. The Kier molecular flexibility index (Phi) is 6.10. The van der Waals surface area contributed by atoms with Gasteiger partial charge in [0.05, 0.1) is 11.4 Å². The summed E-state index contributed by atoms with van der Waals surface area (Å²) in [5, 5.41) is 14.3. The number of aromatic nitrogens is 2. The summed E-state index contributed by atoms with van der Waals surface area (Å²) in [5.74, 6) is 0. The molecule has 2 aromatic carbocycles. The molecule has 0 amide bonds. The van der Waals surface area contributed by atoms with Gasteiger partial charge in [0.25, 0.3) is 5.09 Å². The zero-order chi connectivity index (χ0) is 17.4. The van der Waals surface area contributed by atoms with Crippen LogP contribution >= 0.6 is 11.6 Å². The van der Waals surface area contributed by atoms with E-state index in [4.69, 9.17) is 26.9 Å². The van der Waals surface area contributed by atoms with Gasteiger partial charge in [-0.1, -0.05) is 66.2 Å². The van der Waals surface area contributed by atoms with Gasteiger partial charge >= 0.3 is 0 Å². The minimum Gasteiger partial charge on any atom is -0.328 e. The molecule has 0 fully saturated rings. The molecule has 7 heteroatoms. The first kappa shape index (κ1) is 17.2. The molecule has 6 nitrogen and oxygen atoms in total. The lowest BCUT2D eigenvalue weighted by atomic mass is 10.0. The Balaban J connectivity index is 0.000000471. The van der Waals surface area contributed by atoms with Gasteiger partial charge in [0, 0.05) is 18.6 Å². The lowest BCUT2D eigenvalue weighted by molar-refractivity contribution is -0.742. The van der Waals surface area contributed by atoms with Crippen LogP contribution < -0.4 is 0 Å². The second-order valence-corrected chi connectivity index (χ2v) is 5.08. The first-order valence-corrected chi connectivity index (χ1v) is 7.28. The second-order valence-electron chi connectivity index (χ2n) is 4.67. The van der Waals surface area contributed by atoms with Gasteiger partial charge in [0.2, 0.25) is 0 Å². The maximum absolute atomic E-state index is 8.36. The topological polar surface area (TPSA) is 81.2 Å². The molecule has 122 valence electrons. The molecule has 1 aromatic heterocycles. The van der Waals surface area contributed by atoms with E-state index in [0.717, 1.165) is 5.56 Å². The van der Waals surface area contributed by atoms with E-state index in [9.17, 15) is 0 Å². The molecule has 0 bridgehead atoms. The number of hydrogen-bond donors (Lipinski definition) is 1. The molecule has 0 aliphatic carbocycles. The van der Waals surface area contributed by atoms with Crippen LogP contribution in [0.25, 0.3) is 22.4 Å². The number of halogens is 1. The van der Waals surface area contributed by atoms with Crippen LogP contribution in [-0.4, -0.2) is 19.8 Å². The van der Waals surface area contributed by atoms with E-state index in [1.165, 1.54) is 11.1 Å². The average Bonchev–Trinajstić information content (AvgIpc) is 3.08. The summed E-state index contributed by atoms with van der Waals surface area (Å²) in [7, 11) is 0. The predicted octanol–water partition coefficient (Wildman–Crippen LogP) is 4.40. The van der Waals surface area contributed by atoms with Crippen LogP contribution in [0.5, 0.6) is 0 Å². The van der Waals surface area contributed by atoms with Gasteiger partial charge < -0.3 is 9.77 Å². The normalized spacial score (nSPS) is 10.6. The molecule has 0 aliphatic rings. The van der Waals surface area contributed by atoms with E-state index in [1.807, 2.05) is 47.3 Å². The fourth-order valence-corrected chi connectivity index (χ4v) is 2.24. The molecule has 0 spiro atoms. The van der Waals surface area contributed by atoms with Crippen molar-refractivity contribution >= 4 is 22.8 Å². The molecule has 0 saturated carbocycles. The standard InChI is InChI=1S/C17H13ClN2.HNO3/c18-17(12-20-11-10-19-13-20)16-8-6-15(7-9-16)14-4-2-1-3-5-14;2-1(3)4/h1-13H;(H,2,3,4)/b17-12+;.